The number of carbonyl (C=O) groups is 1. The molecule has 1 saturated heterocycles. The molecule has 31 heavy (non-hydrogen) atoms. The molecule has 8 heteroatoms. The molecule has 1 N–H and O–H groups in total. The van der Waals surface area contributed by atoms with Crippen LogP contribution in [0.5, 0.6) is 0 Å². The van der Waals surface area contributed by atoms with Gasteiger partial charge < -0.3 is 9.84 Å². The van der Waals surface area contributed by atoms with Gasteiger partial charge in [-0.3, -0.25) is 9.69 Å². The van der Waals surface area contributed by atoms with Gasteiger partial charge in [0, 0.05) is 17.0 Å². The standard InChI is InChI=1S/C23H25FN4O2S/c1-15(22(29)25-19-10-3-4-11-20(19)31-2)28-12-6-8-17(14-28)23-26-21(27-30-23)16-7-5-9-18(24)13-16/h3-5,7,9-11,13,15,17H,6,8,12,14H2,1-2H3,(H,25,29). The minimum atomic E-state index is -0.337. The molecule has 0 radical (unpaired) electrons. The number of nitrogens with zero attached hydrogens (tertiary/aromatic N) is 3. The average Bonchev–Trinajstić information content (AvgIpc) is 3.29. The first-order valence-corrected chi connectivity index (χ1v) is 11.5. The molecule has 1 aromatic heterocycles. The van der Waals surface area contributed by atoms with Gasteiger partial charge in [0.15, 0.2) is 0 Å². The highest BCUT2D eigenvalue weighted by atomic mass is 32.2. The Labute approximate surface area is 185 Å². The Balaban J connectivity index is 1.43. The van der Waals surface area contributed by atoms with E-state index in [-0.39, 0.29) is 23.7 Å². The average molecular weight is 441 g/mol. The SMILES string of the molecule is CSc1ccccc1NC(=O)C(C)N1CCCC(c2nc(-c3cccc(F)c3)no2)C1. The predicted octanol–water partition coefficient (Wildman–Crippen LogP) is 4.80. The smallest absolute Gasteiger partial charge is 0.241 e. The Morgan fingerprint density at radius 3 is 2.94 bits per heavy atom. The zero-order valence-electron chi connectivity index (χ0n) is 17.5. The van der Waals surface area contributed by atoms with E-state index in [9.17, 15) is 9.18 Å². The molecule has 3 aromatic rings. The molecule has 6 nitrogen and oxygen atoms in total. The fourth-order valence-electron chi connectivity index (χ4n) is 3.86. The van der Waals surface area contributed by atoms with E-state index < -0.39 is 0 Å². The molecule has 1 aliphatic rings. The number of hydrogen-bond donors (Lipinski definition) is 1. The van der Waals surface area contributed by atoms with Crippen LogP contribution in [0.1, 0.15) is 31.6 Å². The van der Waals surface area contributed by atoms with Crippen LogP contribution in [0.15, 0.2) is 57.9 Å². The van der Waals surface area contributed by atoms with Gasteiger partial charge in [0.25, 0.3) is 0 Å². The highest BCUT2D eigenvalue weighted by Gasteiger charge is 2.31. The van der Waals surface area contributed by atoms with Gasteiger partial charge in [0.1, 0.15) is 5.82 Å². The normalized spacial score (nSPS) is 18.0. The van der Waals surface area contributed by atoms with Crippen molar-refractivity contribution in [1.29, 1.82) is 0 Å². The summed E-state index contributed by atoms with van der Waals surface area (Å²) in [5.41, 5.74) is 1.42. The summed E-state index contributed by atoms with van der Waals surface area (Å²) < 4.78 is 19.0. The minimum absolute atomic E-state index is 0.0341. The molecule has 0 bridgehead atoms. The first-order valence-electron chi connectivity index (χ1n) is 10.3. The van der Waals surface area contributed by atoms with E-state index in [1.165, 1.54) is 12.1 Å². The zero-order chi connectivity index (χ0) is 21.8. The van der Waals surface area contributed by atoms with Gasteiger partial charge in [-0.05, 0) is 56.8 Å². The van der Waals surface area contributed by atoms with Crippen molar-refractivity contribution in [2.75, 3.05) is 24.7 Å². The molecule has 1 amide bonds. The topological polar surface area (TPSA) is 71.3 Å². The fourth-order valence-corrected chi connectivity index (χ4v) is 4.41. The number of aromatic nitrogens is 2. The lowest BCUT2D eigenvalue weighted by Gasteiger charge is -2.34. The van der Waals surface area contributed by atoms with Crippen molar-refractivity contribution in [3.8, 4) is 11.4 Å². The van der Waals surface area contributed by atoms with Crippen LogP contribution in [0.4, 0.5) is 10.1 Å². The molecule has 4 rings (SSSR count). The lowest BCUT2D eigenvalue weighted by Crippen LogP contribution is -2.46. The summed E-state index contributed by atoms with van der Waals surface area (Å²) in [5.74, 6) is 0.580. The van der Waals surface area contributed by atoms with Crippen LogP contribution >= 0.6 is 11.8 Å². The first-order chi connectivity index (χ1) is 15.0. The molecule has 1 aliphatic heterocycles. The second kappa shape index (κ2) is 9.62. The van der Waals surface area contributed by atoms with Gasteiger partial charge >= 0.3 is 0 Å². The summed E-state index contributed by atoms with van der Waals surface area (Å²) >= 11 is 1.60. The summed E-state index contributed by atoms with van der Waals surface area (Å²) in [5, 5.41) is 7.09. The van der Waals surface area contributed by atoms with Gasteiger partial charge in [0.05, 0.1) is 17.6 Å². The fraction of sp³-hybridized carbons (Fsp3) is 0.348. The van der Waals surface area contributed by atoms with Crippen LogP contribution in [-0.2, 0) is 4.79 Å². The number of hydrogen-bond acceptors (Lipinski definition) is 6. The number of amides is 1. The van der Waals surface area contributed by atoms with E-state index >= 15 is 0 Å². The number of likely N-dealkylation sites (tertiary alicyclic amines) is 1. The van der Waals surface area contributed by atoms with E-state index in [4.69, 9.17) is 4.52 Å². The second-order valence-corrected chi connectivity index (χ2v) is 8.51. The summed E-state index contributed by atoms with van der Waals surface area (Å²) in [6, 6.07) is 13.7. The van der Waals surface area contributed by atoms with Gasteiger partial charge in [-0.25, -0.2) is 4.39 Å². The van der Waals surface area contributed by atoms with E-state index in [0.717, 1.165) is 30.0 Å². The van der Waals surface area contributed by atoms with Crippen molar-refractivity contribution in [2.24, 2.45) is 0 Å². The largest absolute Gasteiger partial charge is 0.339 e. The number of para-hydroxylation sites is 1. The maximum absolute atomic E-state index is 13.5. The van der Waals surface area contributed by atoms with Crippen molar-refractivity contribution < 1.29 is 13.7 Å². The molecule has 0 aliphatic carbocycles. The molecule has 2 heterocycles. The van der Waals surface area contributed by atoms with Crippen molar-refractivity contribution in [2.45, 2.75) is 36.6 Å². The molecule has 2 atom stereocenters. The zero-order valence-corrected chi connectivity index (χ0v) is 18.4. The third-order valence-corrected chi connectivity index (χ3v) is 6.41. The van der Waals surface area contributed by atoms with Crippen molar-refractivity contribution in [3.05, 3.63) is 60.2 Å². The molecule has 2 unspecified atom stereocenters. The molecule has 162 valence electrons. The van der Waals surface area contributed by atoms with E-state index in [1.54, 1.807) is 23.9 Å². The lowest BCUT2D eigenvalue weighted by atomic mass is 9.96. The Morgan fingerprint density at radius 1 is 1.29 bits per heavy atom. The second-order valence-electron chi connectivity index (χ2n) is 7.67. The highest BCUT2D eigenvalue weighted by molar-refractivity contribution is 7.98. The monoisotopic (exact) mass is 440 g/mol. The Morgan fingerprint density at radius 2 is 2.13 bits per heavy atom. The molecule has 0 saturated carbocycles. The van der Waals surface area contributed by atoms with Gasteiger partial charge in [-0.2, -0.15) is 4.98 Å². The van der Waals surface area contributed by atoms with Crippen LogP contribution in [0, 0.1) is 5.82 Å². The molecule has 1 fully saturated rings. The van der Waals surface area contributed by atoms with Gasteiger partial charge in [-0.15, -0.1) is 11.8 Å². The predicted molar refractivity (Wildman–Crippen MR) is 120 cm³/mol. The number of thioether (sulfide) groups is 1. The third kappa shape index (κ3) is 4.97. The summed E-state index contributed by atoms with van der Waals surface area (Å²) in [6.07, 6.45) is 3.83. The van der Waals surface area contributed by atoms with Gasteiger partial charge in [-0.1, -0.05) is 29.4 Å². The number of benzene rings is 2. The van der Waals surface area contributed by atoms with Crippen LogP contribution in [-0.4, -0.2) is 46.3 Å². The third-order valence-electron chi connectivity index (χ3n) is 5.62. The lowest BCUT2D eigenvalue weighted by molar-refractivity contribution is -0.121. The van der Waals surface area contributed by atoms with Crippen molar-refractivity contribution in [1.82, 2.24) is 15.0 Å². The summed E-state index contributed by atoms with van der Waals surface area (Å²) in [7, 11) is 0. The maximum Gasteiger partial charge on any atom is 0.241 e. The number of nitrogens with one attached hydrogen (secondary N) is 1. The van der Waals surface area contributed by atoms with E-state index in [2.05, 4.69) is 20.4 Å². The van der Waals surface area contributed by atoms with Crippen LogP contribution < -0.4 is 5.32 Å². The Bertz CT molecular complexity index is 1060. The molecule has 0 spiro atoms. The van der Waals surface area contributed by atoms with Gasteiger partial charge in [0.2, 0.25) is 17.6 Å². The molecule has 2 aromatic carbocycles. The van der Waals surface area contributed by atoms with Crippen molar-refractivity contribution in [3.63, 3.8) is 0 Å². The number of rotatable bonds is 6. The van der Waals surface area contributed by atoms with Crippen LogP contribution in [0.25, 0.3) is 11.4 Å². The van der Waals surface area contributed by atoms with Crippen molar-refractivity contribution >= 4 is 23.4 Å². The Hall–Kier alpha value is -2.71. The number of anilines is 1. The molecular formula is C23H25FN4O2S. The number of carbonyl (C=O) groups excluding carboxylic acids is 1. The van der Waals surface area contributed by atoms with Crippen LogP contribution in [0.2, 0.25) is 0 Å². The quantitative estimate of drug-likeness (QED) is 0.555. The summed E-state index contributed by atoms with van der Waals surface area (Å²) in [4.78, 5) is 20.6. The highest BCUT2D eigenvalue weighted by Crippen LogP contribution is 2.29. The maximum atomic E-state index is 13.5. The van der Waals surface area contributed by atoms with Crippen LogP contribution in [0.3, 0.4) is 0 Å². The number of piperidine rings is 1. The van der Waals surface area contributed by atoms with E-state index in [0.29, 0.717) is 23.8 Å². The molecular weight excluding hydrogens is 415 g/mol. The first kappa shape index (κ1) is 21.5. The van der Waals surface area contributed by atoms with E-state index in [1.807, 2.05) is 37.4 Å². The Kier molecular flexibility index (Phi) is 6.67. The summed E-state index contributed by atoms with van der Waals surface area (Å²) in [6.45, 7) is 3.41. The minimum Gasteiger partial charge on any atom is -0.339 e. The number of halogens is 1.